The summed E-state index contributed by atoms with van der Waals surface area (Å²) >= 11 is 0. The van der Waals surface area contributed by atoms with E-state index in [0.29, 0.717) is 25.5 Å². The van der Waals surface area contributed by atoms with Gasteiger partial charge in [0, 0.05) is 31.1 Å². The van der Waals surface area contributed by atoms with Crippen LogP contribution in [0.15, 0.2) is 66.7 Å². The molecule has 1 fully saturated rings. The Morgan fingerprint density at radius 2 is 1.84 bits per heavy atom. The van der Waals surface area contributed by atoms with Crippen LogP contribution in [0.1, 0.15) is 55.5 Å². The minimum atomic E-state index is 0.0345. The van der Waals surface area contributed by atoms with Crippen LogP contribution in [0.25, 0.3) is 11.0 Å². The molecule has 1 atom stereocenters. The summed E-state index contributed by atoms with van der Waals surface area (Å²) in [5.41, 5.74) is 5.40. The summed E-state index contributed by atoms with van der Waals surface area (Å²) < 4.78 is 13.8. The summed E-state index contributed by atoms with van der Waals surface area (Å²) in [7, 11) is 1.64. The number of imidazole rings is 1. The smallest absolute Gasteiger partial charge is 0.227 e. The van der Waals surface area contributed by atoms with Gasteiger partial charge >= 0.3 is 0 Å². The first-order valence-corrected chi connectivity index (χ1v) is 13.1. The van der Waals surface area contributed by atoms with Crippen molar-refractivity contribution in [1.29, 1.82) is 0 Å². The molecule has 5 rings (SSSR count). The molecule has 1 aliphatic heterocycles. The summed E-state index contributed by atoms with van der Waals surface area (Å²) in [6.07, 6.45) is 1.30. The van der Waals surface area contributed by atoms with Crippen molar-refractivity contribution >= 4 is 22.6 Å². The van der Waals surface area contributed by atoms with Crippen LogP contribution >= 0.6 is 0 Å². The highest BCUT2D eigenvalue weighted by Gasteiger charge is 2.34. The molecule has 0 N–H and O–H groups in total. The topological polar surface area (TPSA) is 56.6 Å². The fourth-order valence-electron chi connectivity index (χ4n) is 5.18. The van der Waals surface area contributed by atoms with Gasteiger partial charge in [-0.05, 0) is 72.9 Å². The van der Waals surface area contributed by atoms with E-state index in [1.165, 1.54) is 11.1 Å². The molecule has 1 aliphatic rings. The van der Waals surface area contributed by atoms with Gasteiger partial charge in [-0.25, -0.2) is 4.98 Å². The van der Waals surface area contributed by atoms with E-state index in [0.717, 1.165) is 47.0 Å². The van der Waals surface area contributed by atoms with E-state index in [1.807, 2.05) is 47.4 Å². The van der Waals surface area contributed by atoms with Crippen molar-refractivity contribution in [3.63, 3.8) is 0 Å². The standard InChI is InChI=1S/C31H35N3O3/c1-21(2)26-15-10-22(3)18-29(26)37-17-7-16-33-28-9-6-5-8-27(28)32-31(33)23-19-30(35)34(20-23)24-11-13-25(36-4)14-12-24/h5-6,8-15,18,21,23H,7,16-17,19-20H2,1-4H3. The highest BCUT2D eigenvalue weighted by atomic mass is 16.5. The summed E-state index contributed by atoms with van der Waals surface area (Å²) in [4.78, 5) is 19.9. The Balaban J connectivity index is 1.33. The lowest BCUT2D eigenvalue weighted by atomic mass is 10.0. The van der Waals surface area contributed by atoms with Crippen molar-refractivity contribution in [1.82, 2.24) is 9.55 Å². The van der Waals surface area contributed by atoms with Gasteiger partial charge < -0.3 is 18.9 Å². The van der Waals surface area contributed by atoms with Gasteiger partial charge in [0.2, 0.25) is 5.91 Å². The molecule has 6 heteroatoms. The Morgan fingerprint density at radius 1 is 1.05 bits per heavy atom. The third-order valence-corrected chi connectivity index (χ3v) is 7.13. The quantitative estimate of drug-likeness (QED) is 0.249. The minimum Gasteiger partial charge on any atom is -0.497 e. The number of fused-ring (bicyclic) bond motifs is 1. The largest absolute Gasteiger partial charge is 0.497 e. The molecular formula is C31H35N3O3. The highest BCUT2D eigenvalue weighted by Crippen LogP contribution is 2.34. The van der Waals surface area contributed by atoms with Gasteiger partial charge in [-0.3, -0.25) is 4.79 Å². The highest BCUT2D eigenvalue weighted by molar-refractivity contribution is 5.96. The molecule has 1 aromatic heterocycles. The third-order valence-electron chi connectivity index (χ3n) is 7.13. The number of anilines is 1. The Labute approximate surface area is 218 Å². The molecule has 4 aromatic rings. The number of aryl methyl sites for hydroxylation is 2. The van der Waals surface area contributed by atoms with Crippen LogP contribution in [0.3, 0.4) is 0 Å². The SMILES string of the molecule is COc1ccc(N2CC(c3nc4ccccc4n3CCCOc3cc(C)ccc3C(C)C)CC2=O)cc1. The molecule has 37 heavy (non-hydrogen) atoms. The summed E-state index contributed by atoms with van der Waals surface area (Å²) in [5, 5.41) is 0. The molecule has 0 spiro atoms. The number of carbonyl (C=O) groups excluding carboxylic acids is 1. The Hall–Kier alpha value is -3.80. The van der Waals surface area contributed by atoms with Crippen molar-refractivity contribution in [3.05, 3.63) is 83.7 Å². The first kappa shape index (κ1) is 24.9. The number of aromatic nitrogens is 2. The van der Waals surface area contributed by atoms with E-state index in [-0.39, 0.29) is 11.8 Å². The van der Waals surface area contributed by atoms with Crippen LogP contribution in [-0.2, 0) is 11.3 Å². The van der Waals surface area contributed by atoms with Gasteiger partial charge in [-0.2, -0.15) is 0 Å². The molecule has 1 saturated heterocycles. The summed E-state index contributed by atoms with van der Waals surface area (Å²) in [6, 6.07) is 22.3. The fourth-order valence-corrected chi connectivity index (χ4v) is 5.18. The number of nitrogens with zero attached hydrogens (tertiary/aromatic N) is 3. The zero-order valence-electron chi connectivity index (χ0n) is 22.1. The van der Waals surface area contributed by atoms with Crippen molar-refractivity contribution in [2.75, 3.05) is 25.2 Å². The molecule has 192 valence electrons. The number of methoxy groups -OCH3 is 1. The van der Waals surface area contributed by atoms with Crippen molar-refractivity contribution in [2.24, 2.45) is 0 Å². The van der Waals surface area contributed by atoms with Crippen LogP contribution in [0.5, 0.6) is 11.5 Å². The maximum atomic E-state index is 13.0. The van der Waals surface area contributed by atoms with E-state index >= 15 is 0 Å². The Kier molecular flexibility index (Phi) is 7.17. The van der Waals surface area contributed by atoms with Crippen molar-refractivity contribution < 1.29 is 14.3 Å². The van der Waals surface area contributed by atoms with Crippen molar-refractivity contribution in [3.8, 4) is 11.5 Å². The van der Waals surface area contributed by atoms with Crippen LogP contribution < -0.4 is 14.4 Å². The third kappa shape index (κ3) is 5.19. The Bertz CT molecular complexity index is 1390. The van der Waals surface area contributed by atoms with Gasteiger partial charge in [-0.15, -0.1) is 0 Å². The summed E-state index contributed by atoms with van der Waals surface area (Å²) in [5.74, 6) is 3.30. The number of benzene rings is 3. The number of carbonyl (C=O) groups is 1. The number of hydrogen-bond acceptors (Lipinski definition) is 4. The van der Waals surface area contributed by atoms with E-state index < -0.39 is 0 Å². The second kappa shape index (κ2) is 10.7. The molecule has 1 amide bonds. The minimum absolute atomic E-state index is 0.0345. The van der Waals surface area contributed by atoms with Crippen LogP contribution in [0.2, 0.25) is 0 Å². The molecule has 0 bridgehead atoms. The van der Waals surface area contributed by atoms with Crippen LogP contribution in [-0.4, -0.2) is 35.7 Å². The molecule has 6 nitrogen and oxygen atoms in total. The molecule has 1 unspecified atom stereocenters. The van der Waals surface area contributed by atoms with Gasteiger partial charge in [0.1, 0.15) is 17.3 Å². The number of ether oxygens (including phenoxy) is 2. The molecule has 0 aliphatic carbocycles. The lowest BCUT2D eigenvalue weighted by molar-refractivity contribution is -0.117. The van der Waals surface area contributed by atoms with Gasteiger partial charge in [0.05, 0.1) is 24.8 Å². The lowest BCUT2D eigenvalue weighted by Crippen LogP contribution is -2.24. The predicted molar refractivity (Wildman–Crippen MR) is 148 cm³/mol. The van der Waals surface area contributed by atoms with Gasteiger partial charge in [-0.1, -0.05) is 38.1 Å². The molecule has 0 radical (unpaired) electrons. The fraction of sp³-hybridized carbons (Fsp3) is 0.355. The maximum Gasteiger partial charge on any atom is 0.227 e. The monoisotopic (exact) mass is 497 g/mol. The summed E-state index contributed by atoms with van der Waals surface area (Å²) in [6.45, 7) is 8.51. The van der Waals surface area contributed by atoms with Crippen LogP contribution in [0, 0.1) is 6.92 Å². The molecular weight excluding hydrogens is 462 g/mol. The zero-order valence-corrected chi connectivity index (χ0v) is 22.1. The first-order chi connectivity index (χ1) is 17.9. The van der Waals surface area contributed by atoms with Crippen LogP contribution in [0.4, 0.5) is 5.69 Å². The van der Waals surface area contributed by atoms with E-state index in [1.54, 1.807) is 7.11 Å². The van der Waals surface area contributed by atoms with E-state index in [4.69, 9.17) is 14.5 Å². The predicted octanol–water partition coefficient (Wildman–Crippen LogP) is 6.47. The Morgan fingerprint density at radius 3 is 2.59 bits per heavy atom. The lowest BCUT2D eigenvalue weighted by Gasteiger charge is -2.18. The van der Waals surface area contributed by atoms with E-state index in [2.05, 4.69) is 49.6 Å². The average Bonchev–Trinajstić information content (AvgIpc) is 3.47. The number of para-hydroxylation sites is 2. The number of hydrogen-bond donors (Lipinski definition) is 0. The number of rotatable bonds is 9. The zero-order chi connectivity index (χ0) is 25.9. The average molecular weight is 498 g/mol. The molecule has 0 saturated carbocycles. The number of amides is 1. The normalized spacial score (nSPS) is 15.6. The van der Waals surface area contributed by atoms with E-state index in [9.17, 15) is 4.79 Å². The molecule has 2 heterocycles. The first-order valence-electron chi connectivity index (χ1n) is 13.1. The second-order valence-corrected chi connectivity index (χ2v) is 10.1. The van der Waals surface area contributed by atoms with Gasteiger partial charge in [0.25, 0.3) is 0 Å². The van der Waals surface area contributed by atoms with Gasteiger partial charge in [0.15, 0.2) is 0 Å². The second-order valence-electron chi connectivity index (χ2n) is 10.1. The molecule has 3 aromatic carbocycles. The van der Waals surface area contributed by atoms with Crippen molar-refractivity contribution in [2.45, 2.75) is 52.0 Å². The maximum absolute atomic E-state index is 13.0.